The maximum absolute atomic E-state index is 14.2. The van der Waals surface area contributed by atoms with Gasteiger partial charge in [0.05, 0.1) is 32.4 Å². The van der Waals surface area contributed by atoms with Gasteiger partial charge in [0, 0.05) is 59.3 Å². The first-order chi connectivity index (χ1) is 20.5. The Morgan fingerprint density at radius 2 is 1.77 bits per heavy atom. The van der Waals surface area contributed by atoms with Crippen molar-refractivity contribution in [3.05, 3.63) is 29.8 Å². The molecule has 11 nitrogen and oxygen atoms in total. The average molecular weight is 608 g/mol. The van der Waals surface area contributed by atoms with Crippen molar-refractivity contribution in [2.75, 3.05) is 66.7 Å². The highest BCUT2D eigenvalue weighted by Crippen LogP contribution is 2.37. The Morgan fingerprint density at radius 1 is 1.05 bits per heavy atom. The summed E-state index contributed by atoms with van der Waals surface area (Å²) in [6.07, 6.45) is -0.957. The Hall–Kier alpha value is -2.28. The molecular formula is C32H53N3O8. The van der Waals surface area contributed by atoms with E-state index in [0.717, 1.165) is 5.56 Å². The van der Waals surface area contributed by atoms with Crippen LogP contribution in [0.25, 0.3) is 0 Å². The van der Waals surface area contributed by atoms with Gasteiger partial charge in [0.15, 0.2) is 0 Å². The Balaban J connectivity index is 2.07. The SMILES string of the molecule is COc1cccc([C@@H]2[C@@H](C(C)C)CN(C(C)=O)C[C@H](OC)[C@@H](O)[C@@H](O)COCCCCN2C(=O)CN2CCC(O)CC2)c1. The van der Waals surface area contributed by atoms with E-state index >= 15 is 0 Å². The minimum absolute atomic E-state index is 0.00455. The molecule has 0 aromatic heterocycles. The number of carbonyl (C=O) groups excluding carboxylic acids is 2. The highest BCUT2D eigenvalue weighted by molar-refractivity contribution is 5.79. The number of aliphatic hydroxyl groups excluding tert-OH is 3. The van der Waals surface area contributed by atoms with E-state index in [2.05, 4.69) is 18.7 Å². The summed E-state index contributed by atoms with van der Waals surface area (Å²) in [7, 11) is 3.07. The fourth-order valence-electron chi connectivity index (χ4n) is 6.10. The van der Waals surface area contributed by atoms with Crippen LogP contribution >= 0.6 is 0 Å². The van der Waals surface area contributed by atoms with Crippen LogP contribution in [0.2, 0.25) is 0 Å². The van der Waals surface area contributed by atoms with Crippen LogP contribution in [0.1, 0.15) is 58.1 Å². The third-order valence-electron chi connectivity index (χ3n) is 8.85. The summed E-state index contributed by atoms with van der Waals surface area (Å²) in [5.41, 5.74) is 0.920. The van der Waals surface area contributed by atoms with Crippen LogP contribution in [-0.4, -0.2) is 133 Å². The van der Waals surface area contributed by atoms with Crippen molar-refractivity contribution >= 4 is 11.8 Å². The first kappa shape index (κ1) is 35.2. The third kappa shape index (κ3) is 10.1. The molecule has 0 bridgehead atoms. The van der Waals surface area contributed by atoms with E-state index < -0.39 is 18.3 Å². The number of methoxy groups -OCH3 is 2. The van der Waals surface area contributed by atoms with Gasteiger partial charge in [-0.15, -0.1) is 0 Å². The molecule has 0 spiro atoms. The second-order valence-corrected chi connectivity index (χ2v) is 12.3. The van der Waals surface area contributed by atoms with Crippen LogP contribution in [0.5, 0.6) is 5.75 Å². The summed E-state index contributed by atoms with van der Waals surface area (Å²) in [6.45, 7) is 8.41. The predicted octanol–water partition coefficient (Wildman–Crippen LogP) is 1.69. The maximum atomic E-state index is 14.2. The molecule has 2 aliphatic heterocycles. The number of ether oxygens (including phenoxy) is 3. The molecule has 0 radical (unpaired) electrons. The minimum Gasteiger partial charge on any atom is -0.497 e. The molecule has 2 amide bonds. The van der Waals surface area contributed by atoms with Crippen molar-refractivity contribution in [2.24, 2.45) is 11.8 Å². The second-order valence-electron chi connectivity index (χ2n) is 12.3. The van der Waals surface area contributed by atoms with Crippen molar-refractivity contribution in [1.29, 1.82) is 0 Å². The minimum atomic E-state index is -1.25. The average Bonchev–Trinajstić information content (AvgIpc) is 2.99. The Morgan fingerprint density at radius 3 is 2.40 bits per heavy atom. The first-order valence-electron chi connectivity index (χ1n) is 15.6. The Kier molecular flexibility index (Phi) is 14.1. The Bertz CT molecular complexity index is 1000. The normalized spacial score (nSPS) is 27.9. The number of nitrogens with zero attached hydrogens (tertiary/aromatic N) is 3. The molecule has 2 fully saturated rings. The fraction of sp³-hybridized carbons (Fsp3) is 0.750. The Labute approximate surface area is 256 Å². The number of rotatable bonds is 6. The van der Waals surface area contributed by atoms with E-state index in [0.29, 0.717) is 64.2 Å². The maximum Gasteiger partial charge on any atom is 0.237 e. The molecule has 0 saturated carbocycles. The van der Waals surface area contributed by atoms with Crippen molar-refractivity contribution in [2.45, 2.75) is 76.9 Å². The number of carbonyl (C=O) groups is 2. The topological polar surface area (TPSA) is 132 Å². The lowest BCUT2D eigenvalue weighted by molar-refractivity contribution is -0.140. The number of piperidine rings is 1. The van der Waals surface area contributed by atoms with Gasteiger partial charge in [-0.1, -0.05) is 26.0 Å². The lowest BCUT2D eigenvalue weighted by Crippen LogP contribution is -2.52. The number of hydrogen-bond donors (Lipinski definition) is 3. The standard InChI is InChI=1S/C32H53N3O8/c1-22(2)27-18-34(23(3)36)19-29(42-5)32(40)28(38)21-43-16-7-6-13-35(30(39)20-33-14-11-25(37)12-15-33)31(27)24-9-8-10-26(17-24)41-4/h8-10,17,22,25,27-29,31-32,37-38,40H,6-7,11-16,18-21H2,1-5H3/t27-,28+,29+,31-,32+/m1/s1. The molecule has 5 atom stereocenters. The lowest BCUT2D eigenvalue weighted by Gasteiger charge is -2.43. The third-order valence-corrected chi connectivity index (χ3v) is 8.85. The first-order valence-corrected chi connectivity index (χ1v) is 15.6. The second kappa shape index (κ2) is 17.3. The van der Waals surface area contributed by atoms with Crippen LogP contribution < -0.4 is 4.74 Å². The molecule has 1 aromatic carbocycles. The molecule has 11 heteroatoms. The number of aliphatic hydroxyl groups is 3. The van der Waals surface area contributed by atoms with E-state index in [1.807, 2.05) is 29.2 Å². The van der Waals surface area contributed by atoms with Gasteiger partial charge in [0.1, 0.15) is 24.1 Å². The van der Waals surface area contributed by atoms with Gasteiger partial charge in [-0.2, -0.15) is 0 Å². The highest BCUT2D eigenvalue weighted by atomic mass is 16.5. The largest absolute Gasteiger partial charge is 0.497 e. The summed E-state index contributed by atoms with van der Waals surface area (Å²) in [5.74, 6) is 0.374. The predicted molar refractivity (Wildman–Crippen MR) is 163 cm³/mol. The monoisotopic (exact) mass is 607 g/mol. The summed E-state index contributed by atoms with van der Waals surface area (Å²) in [4.78, 5) is 33.0. The van der Waals surface area contributed by atoms with Crippen LogP contribution in [-0.2, 0) is 19.1 Å². The summed E-state index contributed by atoms with van der Waals surface area (Å²) in [6, 6.07) is 7.40. The number of amides is 2. The van der Waals surface area contributed by atoms with Gasteiger partial charge in [0.2, 0.25) is 11.8 Å². The number of hydrogen-bond acceptors (Lipinski definition) is 9. The molecule has 2 saturated heterocycles. The molecule has 1 aromatic rings. The molecule has 0 unspecified atom stereocenters. The van der Waals surface area contributed by atoms with Crippen LogP contribution in [0, 0.1) is 11.8 Å². The van der Waals surface area contributed by atoms with E-state index in [4.69, 9.17) is 14.2 Å². The van der Waals surface area contributed by atoms with E-state index in [9.17, 15) is 24.9 Å². The zero-order valence-electron chi connectivity index (χ0n) is 26.6. The van der Waals surface area contributed by atoms with Crippen LogP contribution in [0.15, 0.2) is 24.3 Å². The quantitative estimate of drug-likeness (QED) is 0.442. The number of benzene rings is 1. The van der Waals surface area contributed by atoms with Crippen molar-refractivity contribution in [3.63, 3.8) is 0 Å². The molecule has 244 valence electrons. The van der Waals surface area contributed by atoms with Gasteiger partial charge in [-0.3, -0.25) is 14.5 Å². The van der Waals surface area contributed by atoms with Gasteiger partial charge in [0.25, 0.3) is 0 Å². The van der Waals surface area contributed by atoms with Gasteiger partial charge >= 0.3 is 0 Å². The molecule has 43 heavy (non-hydrogen) atoms. The van der Waals surface area contributed by atoms with Crippen molar-refractivity contribution in [3.8, 4) is 5.75 Å². The summed E-state index contributed by atoms with van der Waals surface area (Å²) < 4.78 is 16.8. The smallest absolute Gasteiger partial charge is 0.237 e. The molecule has 3 rings (SSSR count). The zero-order valence-corrected chi connectivity index (χ0v) is 26.6. The summed E-state index contributed by atoms with van der Waals surface area (Å²) >= 11 is 0. The lowest BCUT2D eigenvalue weighted by atomic mass is 9.82. The molecule has 2 heterocycles. The van der Waals surface area contributed by atoms with Gasteiger partial charge in [-0.25, -0.2) is 0 Å². The molecule has 0 aliphatic carbocycles. The zero-order chi connectivity index (χ0) is 31.5. The van der Waals surface area contributed by atoms with Gasteiger partial charge < -0.3 is 39.3 Å². The molecular weight excluding hydrogens is 554 g/mol. The van der Waals surface area contributed by atoms with E-state index in [1.165, 1.54) is 14.0 Å². The van der Waals surface area contributed by atoms with Crippen LogP contribution in [0.3, 0.4) is 0 Å². The van der Waals surface area contributed by atoms with E-state index in [-0.39, 0.29) is 55.5 Å². The van der Waals surface area contributed by atoms with Crippen molar-refractivity contribution in [1.82, 2.24) is 14.7 Å². The number of likely N-dealkylation sites (tertiary alicyclic amines) is 1. The van der Waals surface area contributed by atoms with Crippen LogP contribution in [0.4, 0.5) is 0 Å². The van der Waals surface area contributed by atoms with E-state index in [1.54, 1.807) is 12.0 Å². The van der Waals surface area contributed by atoms with Crippen molar-refractivity contribution < 1.29 is 39.1 Å². The van der Waals surface area contributed by atoms with Gasteiger partial charge in [-0.05, 0) is 49.3 Å². The highest BCUT2D eigenvalue weighted by Gasteiger charge is 2.38. The molecule has 3 N–H and O–H groups in total. The summed E-state index contributed by atoms with van der Waals surface area (Å²) in [5, 5.41) is 31.5. The fourth-order valence-corrected chi connectivity index (χ4v) is 6.10. The molecule has 2 aliphatic rings.